The third-order valence-electron chi connectivity index (χ3n) is 4.64. The molecule has 5 heteroatoms. The Kier molecular flexibility index (Phi) is 6.14. The fraction of sp³-hybridized carbons (Fsp3) is 0.304. The summed E-state index contributed by atoms with van der Waals surface area (Å²) in [5.74, 6) is 1.88. The zero-order chi connectivity index (χ0) is 20.1. The van der Waals surface area contributed by atoms with Gasteiger partial charge in [0.05, 0.1) is 14.2 Å². The minimum Gasteiger partial charge on any atom is -0.497 e. The molecule has 1 aliphatic heterocycles. The fourth-order valence-corrected chi connectivity index (χ4v) is 3.01. The minimum atomic E-state index is -0.433. The van der Waals surface area contributed by atoms with Crippen LogP contribution in [0.3, 0.4) is 0 Å². The monoisotopic (exact) mass is 379 g/mol. The second-order valence-corrected chi connectivity index (χ2v) is 6.93. The highest BCUT2D eigenvalue weighted by Gasteiger charge is 2.23. The molecule has 1 heterocycles. The minimum absolute atomic E-state index is 0.292. The number of rotatable bonds is 7. The molecule has 0 N–H and O–H groups in total. The maximum Gasteiger partial charge on any atom is 0.363 e. The van der Waals surface area contributed by atoms with Crippen LogP contribution in [0, 0.1) is 0 Å². The second-order valence-electron chi connectivity index (χ2n) is 6.93. The summed E-state index contributed by atoms with van der Waals surface area (Å²) in [6, 6.07) is 13.8. The number of benzene rings is 2. The molecule has 0 amide bonds. The van der Waals surface area contributed by atoms with Gasteiger partial charge in [-0.25, -0.2) is 9.79 Å². The molecule has 0 aliphatic carbocycles. The Hall–Kier alpha value is -3.08. The number of esters is 1. The van der Waals surface area contributed by atoms with Gasteiger partial charge in [0.15, 0.2) is 11.6 Å². The van der Waals surface area contributed by atoms with Crippen LogP contribution in [-0.2, 0) is 16.0 Å². The predicted octanol–water partition coefficient (Wildman–Crippen LogP) is 4.76. The molecule has 3 rings (SSSR count). The molecule has 0 saturated carbocycles. The molecule has 2 aromatic carbocycles. The topological polar surface area (TPSA) is 57.1 Å². The van der Waals surface area contributed by atoms with Crippen molar-refractivity contribution in [1.29, 1.82) is 0 Å². The van der Waals surface area contributed by atoms with Gasteiger partial charge in [-0.2, -0.15) is 0 Å². The Morgan fingerprint density at radius 1 is 1.07 bits per heavy atom. The summed E-state index contributed by atoms with van der Waals surface area (Å²) in [6.45, 7) is 4.24. The highest BCUT2D eigenvalue weighted by atomic mass is 16.6. The van der Waals surface area contributed by atoms with Crippen LogP contribution >= 0.6 is 0 Å². The van der Waals surface area contributed by atoms with Crippen LogP contribution in [0.25, 0.3) is 6.08 Å². The smallest absolute Gasteiger partial charge is 0.363 e. The average molecular weight is 379 g/mol. The van der Waals surface area contributed by atoms with Crippen LogP contribution in [0.1, 0.15) is 42.9 Å². The van der Waals surface area contributed by atoms with Gasteiger partial charge in [0.2, 0.25) is 0 Å². The van der Waals surface area contributed by atoms with E-state index in [-0.39, 0.29) is 0 Å². The highest BCUT2D eigenvalue weighted by Crippen LogP contribution is 2.28. The van der Waals surface area contributed by atoms with Crippen molar-refractivity contribution in [3.8, 4) is 11.5 Å². The molecule has 5 nitrogen and oxygen atoms in total. The van der Waals surface area contributed by atoms with E-state index in [0.717, 1.165) is 16.9 Å². The number of ether oxygens (including phenoxy) is 3. The van der Waals surface area contributed by atoms with Crippen molar-refractivity contribution in [2.75, 3.05) is 14.2 Å². The lowest BCUT2D eigenvalue weighted by atomic mass is 10.00. The van der Waals surface area contributed by atoms with Crippen LogP contribution in [0.4, 0.5) is 0 Å². The van der Waals surface area contributed by atoms with Crippen molar-refractivity contribution in [2.24, 2.45) is 4.99 Å². The normalized spacial score (nSPS) is 15.0. The van der Waals surface area contributed by atoms with Gasteiger partial charge in [-0.1, -0.05) is 32.0 Å². The van der Waals surface area contributed by atoms with Gasteiger partial charge in [-0.05, 0) is 53.8 Å². The summed E-state index contributed by atoms with van der Waals surface area (Å²) >= 11 is 0. The first-order valence-electron chi connectivity index (χ1n) is 9.32. The number of hydrogen-bond acceptors (Lipinski definition) is 5. The summed E-state index contributed by atoms with van der Waals surface area (Å²) in [5.41, 5.74) is 3.38. The summed E-state index contributed by atoms with van der Waals surface area (Å²) in [7, 11) is 3.25. The first kappa shape index (κ1) is 19.7. The van der Waals surface area contributed by atoms with Gasteiger partial charge in [0, 0.05) is 12.0 Å². The molecular weight excluding hydrogens is 354 g/mol. The van der Waals surface area contributed by atoms with Crippen LogP contribution < -0.4 is 9.47 Å². The van der Waals surface area contributed by atoms with E-state index in [4.69, 9.17) is 14.2 Å². The van der Waals surface area contributed by atoms with E-state index in [2.05, 4.69) is 18.8 Å². The lowest BCUT2D eigenvalue weighted by molar-refractivity contribution is -0.130. The molecule has 146 valence electrons. The van der Waals surface area contributed by atoms with Crippen LogP contribution in [0.2, 0.25) is 0 Å². The van der Waals surface area contributed by atoms with Crippen LogP contribution in [0.5, 0.6) is 11.5 Å². The van der Waals surface area contributed by atoms with Gasteiger partial charge < -0.3 is 14.2 Å². The van der Waals surface area contributed by atoms with E-state index >= 15 is 0 Å². The number of carbonyl (C=O) groups excluding carboxylic acids is 1. The zero-order valence-electron chi connectivity index (χ0n) is 16.7. The van der Waals surface area contributed by atoms with Crippen molar-refractivity contribution in [3.63, 3.8) is 0 Å². The summed E-state index contributed by atoms with van der Waals surface area (Å²) in [4.78, 5) is 16.6. The van der Waals surface area contributed by atoms with Gasteiger partial charge in [0.1, 0.15) is 11.5 Å². The quantitative estimate of drug-likeness (QED) is 0.514. The fourth-order valence-electron chi connectivity index (χ4n) is 3.01. The molecule has 0 bridgehead atoms. The zero-order valence-corrected chi connectivity index (χ0v) is 16.7. The molecule has 2 aromatic rings. The van der Waals surface area contributed by atoms with Gasteiger partial charge in [0.25, 0.3) is 0 Å². The number of hydrogen-bond donors (Lipinski definition) is 0. The molecule has 0 radical (unpaired) electrons. The third-order valence-corrected chi connectivity index (χ3v) is 4.64. The summed E-state index contributed by atoms with van der Waals surface area (Å²) < 4.78 is 16.0. The largest absolute Gasteiger partial charge is 0.497 e. The Morgan fingerprint density at radius 2 is 1.89 bits per heavy atom. The third kappa shape index (κ3) is 4.60. The number of methoxy groups -OCH3 is 2. The SMILES string of the molecule is COc1cccc(CCC2=N/C(=C\c3cc(C(C)C)ccc3OC)C(=O)O2)c1. The van der Waals surface area contributed by atoms with E-state index in [9.17, 15) is 4.79 Å². The van der Waals surface area contributed by atoms with Gasteiger partial charge in [-0.15, -0.1) is 0 Å². The van der Waals surface area contributed by atoms with Crippen molar-refractivity contribution in [1.82, 2.24) is 0 Å². The van der Waals surface area contributed by atoms with E-state index in [1.165, 1.54) is 5.56 Å². The first-order chi connectivity index (χ1) is 13.5. The van der Waals surface area contributed by atoms with Crippen LogP contribution in [-0.4, -0.2) is 26.1 Å². The van der Waals surface area contributed by atoms with E-state index in [1.807, 2.05) is 42.5 Å². The Morgan fingerprint density at radius 3 is 2.61 bits per heavy atom. The van der Waals surface area contributed by atoms with E-state index in [0.29, 0.717) is 36.1 Å². The van der Waals surface area contributed by atoms with Crippen molar-refractivity contribution in [2.45, 2.75) is 32.6 Å². The lowest BCUT2D eigenvalue weighted by Crippen LogP contribution is -2.05. The predicted molar refractivity (Wildman–Crippen MR) is 110 cm³/mol. The highest BCUT2D eigenvalue weighted by molar-refractivity contribution is 6.07. The number of carbonyl (C=O) groups is 1. The lowest BCUT2D eigenvalue weighted by Gasteiger charge is -2.10. The summed E-state index contributed by atoms with van der Waals surface area (Å²) in [6.07, 6.45) is 2.98. The summed E-state index contributed by atoms with van der Waals surface area (Å²) in [5, 5.41) is 0. The van der Waals surface area contributed by atoms with E-state index < -0.39 is 5.97 Å². The van der Waals surface area contributed by atoms with Crippen LogP contribution in [0.15, 0.2) is 53.2 Å². The molecule has 0 fully saturated rings. The molecule has 0 unspecified atom stereocenters. The first-order valence-corrected chi connectivity index (χ1v) is 9.32. The maximum absolute atomic E-state index is 12.3. The van der Waals surface area contributed by atoms with E-state index in [1.54, 1.807) is 20.3 Å². The van der Waals surface area contributed by atoms with Gasteiger partial charge >= 0.3 is 5.97 Å². The van der Waals surface area contributed by atoms with Crippen molar-refractivity contribution < 1.29 is 19.0 Å². The molecule has 0 aromatic heterocycles. The Balaban J connectivity index is 1.78. The number of aliphatic imine (C=N–C) groups is 1. The number of aryl methyl sites for hydroxylation is 1. The molecule has 1 aliphatic rings. The van der Waals surface area contributed by atoms with Gasteiger partial charge in [-0.3, -0.25) is 0 Å². The Labute approximate surface area is 165 Å². The number of nitrogens with zero attached hydrogens (tertiary/aromatic N) is 1. The second kappa shape index (κ2) is 8.74. The van der Waals surface area contributed by atoms with Crippen molar-refractivity contribution in [3.05, 3.63) is 64.9 Å². The molecule has 0 saturated heterocycles. The molecule has 0 spiro atoms. The average Bonchev–Trinajstić information content (AvgIpc) is 3.05. The molecule has 28 heavy (non-hydrogen) atoms. The Bertz CT molecular complexity index is 928. The molecule has 0 atom stereocenters. The standard InChI is InChI=1S/C23H25NO4/c1-15(2)17-9-10-21(27-4)18(13-17)14-20-23(25)28-22(24-20)11-8-16-6-5-7-19(12-16)26-3/h5-7,9-10,12-15H,8,11H2,1-4H3/b20-14-. The number of cyclic esters (lactones) is 1. The van der Waals surface area contributed by atoms with Crippen molar-refractivity contribution >= 4 is 17.9 Å². The molecular formula is C23H25NO4. The maximum atomic E-state index is 12.3.